The molecule has 70 valence electrons. The average molecular weight is 172 g/mol. The number of carbonyl (C=O) groups excluding carboxylic acids is 1. The second-order valence-corrected chi connectivity index (χ2v) is 3.20. The number of amides is 1. The average Bonchev–Trinajstić information content (AvgIpc) is 1.99. The molecule has 3 N–H and O–H groups in total. The molecule has 4 heteroatoms. The van der Waals surface area contributed by atoms with Gasteiger partial charge in [-0.3, -0.25) is 4.79 Å². The zero-order chi connectivity index (χ0) is 8.97. The van der Waals surface area contributed by atoms with Gasteiger partial charge in [-0.15, -0.1) is 0 Å². The summed E-state index contributed by atoms with van der Waals surface area (Å²) in [6, 6.07) is 0. The molecule has 0 aromatic rings. The van der Waals surface area contributed by atoms with Gasteiger partial charge in [0, 0.05) is 19.5 Å². The van der Waals surface area contributed by atoms with Crippen molar-refractivity contribution >= 4 is 5.91 Å². The van der Waals surface area contributed by atoms with Gasteiger partial charge in [-0.05, 0) is 19.4 Å². The van der Waals surface area contributed by atoms with E-state index < -0.39 is 0 Å². The number of aliphatic hydroxyl groups excluding tert-OH is 1. The standard InChI is InChI=1S/C8H16N2O2/c9-4-2-1-3-8(12)10-5-7(11)6-10/h7,11H,1-6,9H2. The van der Waals surface area contributed by atoms with E-state index in [2.05, 4.69) is 0 Å². The zero-order valence-corrected chi connectivity index (χ0v) is 7.20. The lowest BCUT2D eigenvalue weighted by atomic mass is 10.1. The molecule has 4 nitrogen and oxygen atoms in total. The maximum atomic E-state index is 11.2. The van der Waals surface area contributed by atoms with Crippen LogP contribution in [0.5, 0.6) is 0 Å². The van der Waals surface area contributed by atoms with Gasteiger partial charge >= 0.3 is 0 Å². The molecule has 0 aromatic carbocycles. The highest BCUT2D eigenvalue weighted by molar-refractivity contribution is 5.77. The van der Waals surface area contributed by atoms with Crippen molar-refractivity contribution in [3.8, 4) is 0 Å². The summed E-state index contributed by atoms with van der Waals surface area (Å²) in [5.74, 6) is 0.147. The number of hydrogen-bond donors (Lipinski definition) is 2. The molecule has 0 aliphatic carbocycles. The predicted octanol–water partition coefficient (Wildman–Crippen LogP) is -0.681. The summed E-state index contributed by atoms with van der Waals surface area (Å²) in [6.45, 7) is 1.68. The summed E-state index contributed by atoms with van der Waals surface area (Å²) >= 11 is 0. The lowest BCUT2D eigenvalue weighted by molar-refractivity contribution is -0.141. The second kappa shape index (κ2) is 4.42. The number of aliphatic hydroxyl groups is 1. The van der Waals surface area contributed by atoms with Crippen molar-refractivity contribution in [3.05, 3.63) is 0 Å². The first-order valence-corrected chi connectivity index (χ1v) is 4.40. The minimum atomic E-state index is -0.288. The Labute approximate surface area is 72.3 Å². The highest BCUT2D eigenvalue weighted by Crippen LogP contribution is 2.10. The topological polar surface area (TPSA) is 66.6 Å². The van der Waals surface area contributed by atoms with E-state index in [-0.39, 0.29) is 12.0 Å². The third kappa shape index (κ3) is 2.46. The van der Waals surface area contributed by atoms with Gasteiger partial charge < -0.3 is 15.7 Å². The number of unbranched alkanes of at least 4 members (excludes halogenated alkanes) is 1. The summed E-state index contributed by atoms with van der Waals surface area (Å²) in [6.07, 6.45) is 2.05. The molecule has 1 amide bonds. The van der Waals surface area contributed by atoms with E-state index in [0.717, 1.165) is 12.8 Å². The maximum absolute atomic E-state index is 11.2. The zero-order valence-electron chi connectivity index (χ0n) is 7.20. The SMILES string of the molecule is NCCCCC(=O)N1CC(O)C1. The lowest BCUT2D eigenvalue weighted by Gasteiger charge is -2.35. The molecule has 1 rings (SSSR count). The third-order valence-electron chi connectivity index (χ3n) is 2.06. The fourth-order valence-electron chi connectivity index (χ4n) is 1.24. The van der Waals surface area contributed by atoms with E-state index in [1.807, 2.05) is 0 Å². The summed E-state index contributed by atoms with van der Waals surface area (Å²) in [7, 11) is 0. The Kier molecular flexibility index (Phi) is 3.49. The van der Waals surface area contributed by atoms with Crippen molar-refractivity contribution in [2.75, 3.05) is 19.6 Å². The Balaban J connectivity index is 2.04. The fraction of sp³-hybridized carbons (Fsp3) is 0.875. The first kappa shape index (κ1) is 9.48. The maximum Gasteiger partial charge on any atom is 0.222 e. The van der Waals surface area contributed by atoms with E-state index in [1.165, 1.54) is 0 Å². The molecule has 0 bridgehead atoms. The van der Waals surface area contributed by atoms with Crippen LogP contribution < -0.4 is 5.73 Å². The summed E-state index contributed by atoms with van der Waals surface area (Å²) in [5.41, 5.74) is 5.29. The van der Waals surface area contributed by atoms with E-state index >= 15 is 0 Å². The van der Waals surface area contributed by atoms with Crippen LogP contribution in [-0.4, -0.2) is 41.7 Å². The number of likely N-dealkylation sites (tertiary alicyclic amines) is 1. The molecule has 1 aliphatic heterocycles. The number of β-amino-alcohol motifs (C(OH)–C–C–N with tert-alkyl or cyclic N) is 1. The van der Waals surface area contributed by atoms with Gasteiger partial charge in [0.05, 0.1) is 6.10 Å². The lowest BCUT2D eigenvalue weighted by Crippen LogP contribution is -2.53. The van der Waals surface area contributed by atoms with Gasteiger partial charge in [-0.1, -0.05) is 0 Å². The van der Waals surface area contributed by atoms with Crippen LogP contribution in [0.25, 0.3) is 0 Å². The smallest absolute Gasteiger partial charge is 0.222 e. The quantitative estimate of drug-likeness (QED) is 0.552. The Hall–Kier alpha value is -0.610. The minimum Gasteiger partial charge on any atom is -0.389 e. The number of nitrogens with zero attached hydrogens (tertiary/aromatic N) is 1. The largest absolute Gasteiger partial charge is 0.389 e. The predicted molar refractivity (Wildman–Crippen MR) is 45.5 cm³/mol. The van der Waals surface area contributed by atoms with E-state index in [9.17, 15) is 4.79 Å². The van der Waals surface area contributed by atoms with Crippen LogP contribution in [0.1, 0.15) is 19.3 Å². The molecule has 0 saturated carbocycles. The normalized spacial score (nSPS) is 17.7. The van der Waals surface area contributed by atoms with Crippen LogP contribution in [-0.2, 0) is 4.79 Å². The Morgan fingerprint density at radius 1 is 1.50 bits per heavy atom. The van der Waals surface area contributed by atoms with Crippen molar-refractivity contribution < 1.29 is 9.90 Å². The van der Waals surface area contributed by atoms with E-state index in [1.54, 1.807) is 4.90 Å². The Morgan fingerprint density at radius 3 is 2.67 bits per heavy atom. The Morgan fingerprint density at radius 2 is 2.17 bits per heavy atom. The molecule has 0 radical (unpaired) electrons. The number of nitrogens with two attached hydrogens (primary N) is 1. The molecular formula is C8H16N2O2. The van der Waals surface area contributed by atoms with Crippen LogP contribution in [0.2, 0.25) is 0 Å². The van der Waals surface area contributed by atoms with Gasteiger partial charge in [0.25, 0.3) is 0 Å². The number of carbonyl (C=O) groups is 1. The summed E-state index contributed by atoms with van der Waals surface area (Å²) in [4.78, 5) is 12.9. The molecule has 1 saturated heterocycles. The minimum absolute atomic E-state index is 0.147. The van der Waals surface area contributed by atoms with Crippen molar-refractivity contribution in [2.45, 2.75) is 25.4 Å². The molecule has 0 spiro atoms. The monoisotopic (exact) mass is 172 g/mol. The van der Waals surface area contributed by atoms with Gasteiger partial charge in [0.1, 0.15) is 0 Å². The van der Waals surface area contributed by atoms with Gasteiger partial charge in [-0.2, -0.15) is 0 Å². The van der Waals surface area contributed by atoms with Crippen LogP contribution >= 0.6 is 0 Å². The fourth-order valence-corrected chi connectivity index (χ4v) is 1.24. The first-order valence-electron chi connectivity index (χ1n) is 4.40. The summed E-state index contributed by atoms with van der Waals surface area (Å²) in [5, 5.41) is 8.92. The molecule has 12 heavy (non-hydrogen) atoms. The highest BCUT2D eigenvalue weighted by Gasteiger charge is 2.27. The molecule has 0 aromatic heterocycles. The van der Waals surface area contributed by atoms with Crippen LogP contribution in [0.3, 0.4) is 0 Å². The third-order valence-corrected chi connectivity index (χ3v) is 2.06. The molecule has 1 heterocycles. The van der Waals surface area contributed by atoms with Crippen LogP contribution in [0.4, 0.5) is 0 Å². The molecule has 1 fully saturated rings. The van der Waals surface area contributed by atoms with E-state index in [4.69, 9.17) is 10.8 Å². The molecule has 0 atom stereocenters. The summed E-state index contributed by atoms with van der Waals surface area (Å²) < 4.78 is 0. The van der Waals surface area contributed by atoms with Crippen molar-refractivity contribution in [3.63, 3.8) is 0 Å². The highest BCUT2D eigenvalue weighted by atomic mass is 16.3. The first-order chi connectivity index (χ1) is 5.74. The van der Waals surface area contributed by atoms with Gasteiger partial charge in [-0.25, -0.2) is 0 Å². The van der Waals surface area contributed by atoms with Crippen molar-refractivity contribution in [1.82, 2.24) is 4.90 Å². The van der Waals surface area contributed by atoms with Crippen molar-refractivity contribution in [1.29, 1.82) is 0 Å². The van der Waals surface area contributed by atoms with Gasteiger partial charge in [0.15, 0.2) is 0 Å². The van der Waals surface area contributed by atoms with Crippen LogP contribution in [0, 0.1) is 0 Å². The number of hydrogen-bond acceptors (Lipinski definition) is 3. The molecule has 0 unspecified atom stereocenters. The van der Waals surface area contributed by atoms with Gasteiger partial charge in [0.2, 0.25) is 5.91 Å². The molecule has 1 aliphatic rings. The van der Waals surface area contributed by atoms with Crippen molar-refractivity contribution in [2.24, 2.45) is 5.73 Å². The Bertz CT molecular complexity index is 155. The second-order valence-electron chi connectivity index (χ2n) is 3.20. The molecular weight excluding hydrogens is 156 g/mol. The van der Waals surface area contributed by atoms with E-state index in [0.29, 0.717) is 26.1 Å². The van der Waals surface area contributed by atoms with Crippen LogP contribution in [0.15, 0.2) is 0 Å². The number of rotatable bonds is 4.